The fraction of sp³-hybridized carbons (Fsp3) is 0.692. The van der Waals surface area contributed by atoms with E-state index >= 15 is 0 Å². The maximum Gasteiger partial charge on any atom is 0.168 e. The molecule has 1 aromatic rings. The minimum Gasteiger partial charge on any atom is -0.383 e. The number of anilines is 2. The van der Waals surface area contributed by atoms with E-state index in [4.69, 9.17) is 5.73 Å². The number of nitrogen functional groups attached to an aromatic ring is 1. The number of nitriles is 1. The Hall–Kier alpha value is -1.70. The lowest BCUT2D eigenvalue weighted by atomic mass is 9.93. The molecule has 0 aromatic carbocycles. The van der Waals surface area contributed by atoms with Crippen molar-refractivity contribution in [3.8, 4) is 6.07 Å². The normalized spacial score (nSPS) is 20.6. The van der Waals surface area contributed by atoms with Gasteiger partial charge >= 0.3 is 0 Å². The van der Waals surface area contributed by atoms with Gasteiger partial charge in [-0.1, -0.05) is 12.8 Å². The van der Waals surface area contributed by atoms with Crippen molar-refractivity contribution < 1.29 is 0 Å². The second-order valence-electron chi connectivity index (χ2n) is 5.38. The lowest BCUT2D eigenvalue weighted by Gasteiger charge is -2.26. The van der Waals surface area contributed by atoms with Crippen LogP contribution in [0.3, 0.4) is 0 Å². The summed E-state index contributed by atoms with van der Waals surface area (Å²) in [6.45, 7) is 0. The number of hydrogen-bond donors (Lipinski definition) is 2. The highest BCUT2D eigenvalue weighted by Gasteiger charge is 2.26. The van der Waals surface area contributed by atoms with Crippen LogP contribution in [0.15, 0.2) is 0 Å². The minimum absolute atomic E-state index is 0.383. The van der Waals surface area contributed by atoms with Crippen LogP contribution >= 0.6 is 0 Å². The molecule has 0 spiro atoms. The Kier molecular flexibility index (Phi) is 2.86. The van der Waals surface area contributed by atoms with E-state index in [0.717, 1.165) is 12.8 Å². The molecular weight excluding hydrogens is 226 g/mol. The summed E-state index contributed by atoms with van der Waals surface area (Å²) in [7, 11) is 0. The quantitative estimate of drug-likeness (QED) is 0.857. The van der Waals surface area contributed by atoms with E-state index in [2.05, 4.69) is 16.5 Å². The van der Waals surface area contributed by atoms with Gasteiger partial charge in [-0.3, -0.25) is 0 Å². The molecule has 0 saturated heterocycles. The first-order valence-electron chi connectivity index (χ1n) is 6.84. The standard InChI is InChI=1S/C13H19N5/c14-8-11-12(15)18(10-6-1-2-7-10)17-13(11)16-9-4-3-5-9/h9-10H,1-7,15H2,(H,16,17). The van der Waals surface area contributed by atoms with Gasteiger partial charge in [0, 0.05) is 6.04 Å². The summed E-state index contributed by atoms with van der Waals surface area (Å²) in [6.07, 6.45) is 8.31. The van der Waals surface area contributed by atoms with Gasteiger partial charge in [0.05, 0.1) is 6.04 Å². The summed E-state index contributed by atoms with van der Waals surface area (Å²) in [4.78, 5) is 0. The SMILES string of the molecule is N#Cc1c(NC2CCC2)nn(C2CCCC2)c1N. The molecule has 5 heteroatoms. The van der Waals surface area contributed by atoms with E-state index < -0.39 is 0 Å². The van der Waals surface area contributed by atoms with Crippen molar-refractivity contribution in [2.24, 2.45) is 0 Å². The molecule has 0 amide bonds. The summed E-state index contributed by atoms with van der Waals surface area (Å²) in [5, 5.41) is 17.1. The van der Waals surface area contributed by atoms with Crippen molar-refractivity contribution in [3.63, 3.8) is 0 Å². The van der Waals surface area contributed by atoms with Gasteiger partial charge in [-0.05, 0) is 32.1 Å². The first-order chi connectivity index (χ1) is 8.79. The summed E-state index contributed by atoms with van der Waals surface area (Å²) in [5.74, 6) is 1.22. The average Bonchev–Trinajstić information content (AvgIpc) is 2.91. The molecule has 0 atom stereocenters. The predicted octanol–water partition coefficient (Wildman–Crippen LogP) is 2.42. The molecule has 1 aromatic heterocycles. The van der Waals surface area contributed by atoms with E-state index in [1.807, 2.05) is 4.68 Å². The lowest BCUT2D eigenvalue weighted by Crippen LogP contribution is -2.27. The molecule has 2 fully saturated rings. The first kappa shape index (κ1) is 11.4. The number of rotatable bonds is 3. The second-order valence-corrected chi connectivity index (χ2v) is 5.38. The van der Waals surface area contributed by atoms with E-state index in [9.17, 15) is 5.26 Å². The summed E-state index contributed by atoms with van der Waals surface area (Å²) in [6, 6.07) is 3.05. The fourth-order valence-corrected chi connectivity index (χ4v) is 2.83. The fourth-order valence-electron chi connectivity index (χ4n) is 2.83. The Morgan fingerprint density at radius 3 is 2.50 bits per heavy atom. The molecule has 0 bridgehead atoms. The molecule has 0 unspecified atom stereocenters. The molecule has 2 saturated carbocycles. The van der Waals surface area contributed by atoms with Crippen molar-refractivity contribution in [1.82, 2.24) is 9.78 Å². The largest absolute Gasteiger partial charge is 0.383 e. The minimum atomic E-state index is 0.383. The van der Waals surface area contributed by atoms with Crippen molar-refractivity contribution >= 4 is 11.6 Å². The van der Waals surface area contributed by atoms with Crippen LogP contribution in [-0.4, -0.2) is 15.8 Å². The zero-order valence-corrected chi connectivity index (χ0v) is 10.5. The predicted molar refractivity (Wildman–Crippen MR) is 70.1 cm³/mol. The highest BCUT2D eigenvalue weighted by Crippen LogP contribution is 2.34. The van der Waals surface area contributed by atoms with Crippen molar-refractivity contribution in [3.05, 3.63) is 5.56 Å². The first-order valence-corrected chi connectivity index (χ1v) is 6.84. The van der Waals surface area contributed by atoms with Crippen molar-refractivity contribution in [1.29, 1.82) is 5.26 Å². The summed E-state index contributed by atoms with van der Waals surface area (Å²) < 4.78 is 1.87. The Morgan fingerprint density at radius 2 is 1.94 bits per heavy atom. The molecule has 18 heavy (non-hydrogen) atoms. The Bertz CT molecular complexity index is 474. The van der Waals surface area contributed by atoms with E-state index in [0.29, 0.717) is 29.3 Å². The summed E-state index contributed by atoms with van der Waals surface area (Å²) >= 11 is 0. The highest BCUT2D eigenvalue weighted by molar-refractivity contribution is 5.64. The van der Waals surface area contributed by atoms with Gasteiger partial charge in [0.25, 0.3) is 0 Å². The Balaban J connectivity index is 1.88. The third kappa shape index (κ3) is 1.82. The lowest BCUT2D eigenvalue weighted by molar-refractivity contribution is 0.440. The van der Waals surface area contributed by atoms with Crippen molar-refractivity contribution in [2.75, 3.05) is 11.1 Å². The molecule has 2 aliphatic rings. The number of nitrogens with zero attached hydrogens (tertiary/aromatic N) is 3. The van der Waals surface area contributed by atoms with Gasteiger partial charge in [0.15, 0.2) is 5.82 Å². The van der Waals surface area contributed by atoms with Crippen LogP contribution in [0, 0.1) is 11.3 Å². The molecule has 5 nitrogen and oxygen atoms in total. The maximum atomic E-state index is 9.24. The highest BCUT2D eigenvalue weighted by atomic mass is 15.4. The third-order valence-corrected chi connectivity index (χ3v) is 4.18. The maximum absolute atomic E-state index is 9.24. The summed E-state index contributed by atoms with van der Waals surface area (Å²) in [5.41, 5.74) is 6.59. The van der Waals surface area contributed by atoms with E-state index in [1.165, 1.54) is 32.1 Å². The van der Waals surface area contributed by atoms with Gasteiger partial charge in [-0.25, -0.2) is 4.68 Å². The van der Waals surface area contributed by atoms with Crippen molar-refractivity contribution in [2.45, 2.75) is 57.0 Å². The molecule has 3 rings (SSSR count). The number of nitrogens with two attached hydrogens (primary N) is 1. The van der Waals surface area contributed by atoms with Crippen LogP contribution in [0.2, 0.25) is 0 Å². The number of aromatic nitrogens is 2. The Labute approximate surface area is 107 Å². The van der Waals surface area contributed by atoms with Gasteiger partial charge in [0.2, 0.25) is 0 Å². The van der Waals surface area contributed by atoms with Crippen LogP contribution in [-0.2, 0) is 0 Å². The molecule has 1 heterocycles. The van der Waals surface area contributed by atoms with Crippen LogP contribution in [0.1, 0.15) is 56.6 Å². The van der Waals surface area contributed by atoms with Crippen LogP contribution < -0.4 is 11.1 Å². The molecule has 0 aliphatic heterocycles. The molecular formula is C13H19N5. The smallest absolute Gasteiger partial charge is 0.168 e. The van der Waals surface area contributed by atoms with Gasteiger partial charge in [-0.15, -0.1) is 0 Å². The monoisotopic (exact) mass is 245 g/mol. The van der Waals surface area contributed by atoms with Crippen LogP contribution in [0.25, 0.3) is 0 Å². The third-order valence-electron chi connectivity index (χ3n) is 4.18. The molecule has 3 N–H and O–H groups in total. The average molecular weight is 245 g/mol. The number of nitrogens with one attached hydrogen (secondary N) is 1. The molecule has 96 valence electrons. The van der Waals surface area contributed by atoms with Crippen LogP contribution in [0.5, 0.6) is 0 Å². The van der Waals surface area contributed by atoms with Gasteiger partial charge in [-0.2, -0.15) is 10.4 Å². The van der Waals surface area contributed by atoms with Gasteiger partial charge < -0.3 is 11.1 Å². The molecule has 2 aliphatic carbocycles. The van der Waals surface area contributed by atoms with E-state index in [-0.39, 0.29) is 0 Å². The Morgan fingerprint density at radius 1 is 1.22 bits per heavy atom. The second kappa shape index (κ2) is 4.52. The number of hydrogen-bond acceptors (Lipinski definition) is 4. The topological polar surface area (TPSA) is 79.7 Å². The zero-order valence-electron chi connectivity index (χ0n) is 10.5. The van der Waals surface area contributed by atoms with Crippen LogP contribution in [0.4, 0.5) is 11.6 Å². The van der Waals surface area contributed by atoms with Gasteiger partial charge in [0.1, 0.15) is 17.5 Å². The molecule has 0 radical (unpaired) electrons. The zero-order chi connectivity index (χ0) is 12.5. The van der Waals surface area contributed by atoms with E-state index in [1.54, 1.807) is 0 Å².